The average Bonchev–Trinajstić information content (AvgIpc) is 3.07. The van der Waals surface area contributed by atoms with E-state index in [1.54, 1.807) is 7.11 Å². The number of ether oxygens (including phenoxy) is 2. The van der Waals surface area contributed by atoms with E-state index in [9.17, 15) is 0 Å². The summed E-state index contributed by atoms with van der Waals surface area (Å²) in [4.78, 5) is 14.8. The fourth-order valence-corrected chi connectivity index (χ4v) is 3.81. The number of fused-ring (bicyclic) bond motifs is 1. The van der Waals surface area contributed by atoms with Crippen LogP contribution in [0.3, 0.4) is 0 Å². The first-order valence-electron chi connectivity index (χ1n) is 9.80. The fraction of sp³-hybridized carbons (Fsp3) is 0.524. The minimum atomic E-state index is 0.730. The smallest absolute Gasteiger partial charge is 0.161 e. The summed E-state index contributed by atoms with van der Waals surface area (Å²) < 4.78 is 11.0. The van der Waals surface area contributed by atoms with Gasteiger partial charge in [0.05, 0.1) is 26.0 Å². The van der Waals surface area contributed by atoms with Gasteiger partial charge in [0.15, 0.2) is 5.82 Å². The van der Waals surface area contributed by atoms with Gasteiger partial charge in [-0.15, -0.1) is 0 Å². The van der Waals surface area contributed by atoms with Crippen molar-refractivity contribution in [3.05, 3.63) is 35.5 Å². The van der Waals surface area contributed by atoms with Crippen molar-refractivity contribution < 1.29 is 9.47 Å². The van der Waals surface area contributed by atoms with Crippen LogP contribution in [0.2, 0.25) is 0 Å². The highest BCUT2D eigenvalue weighted by atomic mass is 16.5. The maximum absolute atomic E-state index is 5.73. The van der Waals surface area contributed by atoms with E-state index in [1.807, 2.05) is 24.3 Å². The number of anilines is 1. The molecule has 0 spiro atoms. The monoisotopic (exact) mass is 368 g/mol. The van der Waals surface area contributed by atoms with Gasteiger partial charge in [-0.2, -0.15) is 0 Å². The molecule has 27 heavy (non-hydrogen) atoms. The molecule has 0 radical (unpaired) electrons. The van der Waals surface area contributed by atoms with Crippen LogP contribution in [0.4, 0.5) is 5.82 Å². The lowest BCUT2D eigenvalue weighted by molar-refractivity contribution is 0.146. The lowest BCUT2D eigenvalue weighted by Gasteiger charge is -2.25. The Morgan fingerprint density at radius 2 is 1.78 bits per heavy atom. The lowest BCUT2D eigenvalue weighted by Crippen LogP contribution is -2.31. The van der Waals surface area contributed by atoms with Gasteiger partial charge in [-0.25, -0.2) is 9.97 Å². The van der Waals surface area contributed by atoms with Crippen molar-refractivity contribution in [2.45, 2.75) is 19.3 Å². The highest BCUT2D eigenvalue weighted by Crippen LogP contribution is 2.29. The minimum absolute atomic E-state index is 0.730. The topological polar surface area (TPSA) is 50.7 Å². The summed E-state index contributed by atoms with van der Waals surface area (Å²) in [6.07, 6.45) is 2.89. The second-order valence-electron chi connectivity index (χ2n) is 7.28. The molecule has 0 unspecified atom stereocenters. The molecule has 0 saturated carbocycles. The fourth-order valence-electron chi connectivity index (χ4n) is 3.81. The van der Waals surface area contributed by atoms with E-state index >= 15 is 0 Å². The Morgan fingerprint density at radius 1 is 0.963 bits per heavy atom. The van der Waals surface area contributed by atoms with Crippen LogP contribution in [0.15, 0.2) is 24.3 Å². The van der Waals surface area contributed by atoms with Gasteiger partial charge in [-0.3, -0.25) is 0 Å². The molecule has 0 amide bonds. The third kappa shape index (κ3) is 4.06. The Balaban J connectivity index is 1.75. The number of rotatable bonds is 3. The third-order valence-corrected chi connectivity index (χ3v) is 5.42. The Kier molecular flexibility index (Phi) is 5.55. The van der Waals surface area contributed by atoms with E-state index in [1.165, 1.54) is 5.56 Å². The van der Waals surface area contributed by atoms with Gasteiger partial charge in [0, 0.05) is 43.6 Å². The maximum atomic E-state index is 5.73. The highest BCUT2D eigenvalue weighted by molar-refractivity contribution is 5.62. The molecule has 0 N–H and O–H groups in total. The van der Waals surface area contributed by atoms with Gasteiger partial charge in [0.25, 0.3) is 0 Å². The molecule has 2 aliphatic heterocycles. The standard InChI is InChI=1S/C21H28N4O2/c1-24-10-3-11-25(13-12-24)21-18-8-14-27-15-9-19(18)22-20(23-21)16-4-6-17(26-2)7-5-16/h4-7H,3,8-15H2,1-2H3. The normalized spacial score (nSPS) is 18.5. The van der Waals surface area contributed by atoms with Gasteiger partial charge in [0.2, 0.25) is 0 Å². The summed E-state index contributed by atoms with van der Waals surface area (Å²) in [5.74, 6) is 2.75. The Hall–Kier alpha value is -2.18. The largest absolute Gasteiger partial charge is 0.497 e. The number of benzene rings is 1. The van der Waals surface area contributed by atoms with E-state index in [-0.39, 0.29) is 0 Å². The number of methoxy groups -OCH3 is 1. The number of aromatic nitrogens is 2. The molecule has 4 rings (SSSR count). The molecule has 6 heteroatoms. The molecule has 2 aromatic rings. The SMILES string of the molecule is COc1ccc(-c2nc3c(c(N4CCCN(C)CC4)n2)CCOCC3)cc1. The highest BCUT2D eigenvalue weighted by Gasteiger charge is 2.23. The van der Waals surface area contributed by atoms with Gasteiger partial charge < -0.3 is 19.3 Å². The van der Waals surface area contributed by atoms with E-state index < -0.39 is 0 Å². The zero-order valence-electron chi connectivity index (χ0n) is 16.3. The van der Waals surface area contributed by atoms with Crippen LogP contribution >= 0.6 is 0 Å². The Bertz CT molecular complexity index is 778. The molecule has 1 aromatic carbocycles. The molecule has 2 aliphatic rings. The summed E-state index contributed by atoms with van der Waals surface area (Å²) in [5.41, 5.74) is 3.44. The molecule has 1 saturated heterocycles. The second kappa shape index (κ2) is 8.23. The molecule has 0 bridgehead atoms. The maximum Gasteiger partial charge on any atom is 0.161 e. The van der Waals surface area contributed by atoms with E-state index in [0.29, 0.717) is 0 Å². The van der Waals surface area contributed by atoms with Crippen LogP contribution in [0, 0.1) is 0 Å². The molecule has 3 heterocycles. The summed E-state index contributed by atoms with van der Waals surface area (Å²) in [7, 11) is 3.88. The van der Waals surface area contributed by atoms with Crippen LogP contribution in [-0.4, -0.2) is 68.4 Å². The van der Waals surface area contributed by atoms with Crippen molar-refractivity contribution in [2.75, 3.05) is 58.5 Å². The predicted octanol–water partition coefficient (Wildman–Crippen LogP) is 2.41. The number of hydrogen-bond acceptors (Lipinski definition) is 6. The average molecular weight is 368 g/mol. The van der Waals surface area contributed by atoms with Crippen LogP contribution < -0.4 is 9.64 Å². The van der Waals surface area contributed by atoms with Crippen LogP contribution in [-0.2, 0) is 17.6 Å². The summed E-state index contributed by atoms with van der Waals surface area (Å²) in [5, 5.41) is 0. The summed E-state index contributed by atoms with van der Waals surface area (Å²) in [6, 6.07) is 8.00. The van der Waals surface area contributed by atoms with E-state index in [4.69, 9.17) is 19.4 Å². The predicted molar refractivity (Wildman–Crippen MR) is 107 cm³/mol. The third-order valence-electron chi connectivity index (χ3n) is 5.42. The molecular formula is C21H28N4O2. The first kappa shape index (κ1) is 18.2. The van der Waals surface area contributed by atoms with Crippen LogP contribution in [0.1, 0.15) is 17.7 Å². The van der Waals surface area contributed by atoms with Crippen molar-refractivity contribution in [1.29, 1.82) is 0 Å². The number of likely N-dealkylation sites (N-methyl/N-ethyl adjacent to an activating group) is 1. The Labute approximate surface area is 161 Å². The van der Waals surface area contributed by atoms with E-state index in [2.05, 4.69) is 16.8 Å². The zero-order chi connectivity index (χ0) is 18.6. The molecule has 144 valence electrons. The van der Waals surface area contributed by atoms with Gasteiger partial charge in [0.1, 0.15) is 11.6 Å². The van der Waals surface area contributed by atoms with Crippen LogP contribution in [0.25, 0.3) is 11.4 Å². The molecule has 1 aromatic heterocycles. The second-order valence-corrected chi connectivity index (χ2v) is 7.28. The Morgan fingerprint density at radius 3 is 2.59 bits per heavy atom. The van der Waals surface area contributed by atoms with Gasteiger partial charge in [-0.05, 0) is 44.3 Å². The van der Waals surface area contributed by atoms with Crippen molar-refractivity contribution in [3.63, 3.8) is 0 Å². The first-order chi connectivity index (χ1) is 13.2. The van der Waals surface area contributed by atoms with Gasteiger partial charge >= 0.3 is 0 Å². The van der Waals surface area contributed by atoms with Crippen LogP contribution in [0.5, 0.6) is 5.75 Å². The zero-order valence-corrected chi connectivity index (χ0v) is 16.3. The summed E-state index contributed by atoms with van der Waals surface area (Å²) >= 11 is 0. The van der Waals surface area contributed by atoms with Crippen molar-refractivity contribution in [1.82, 2.24) is 14.9 Å². The molecule has 0 aliphatic carbocycles. The molecular weight excluding hydrogens is 340 g/mol. The van der Waals surface area contributed by atoms with Crippen molar-refractivity contribution in [3.8, 4) is 17.1 Å². The summed E-state index contributed by atoms with van der Waals surface area (Å²) in [6.45, 7) is 5.72. The lowest BCUT2D eigenvalue weighted by atomic mass is 10.1. The molecule has 1 fully saturated rings. The van der Waals surface area contributed by atoms with Crippen molar-refractivity contribution >= 4 is 5.82 Å². The van der Waals surface area contributed by atoms with Gasteiger partial charge in [-0.1, -0.05) is 0 Å². The van der Waals surface area contributed by atoms with Crippen molar-refractivity contribution in [2.24, 2.45) is 0 Å². The quantitative estimate of drug-likeness (QED) is 0.829. The number of nitrogens with zero attached hydrogens (tertiary/aromatic N) is 4. The molecule has 6 nitrogen and oxygen atoms in total. The molecule has 0 atom stereocenters. The minimum Gasteiger partial charge on any atom is -0.497 e. The van der Waals surface area contributed by atoms with E-state index in [0.717, 1.165) is 87.3 Å². The number of hydrogen-bond donors (Lipinski definition) is 0. The first-order valence-corrected chi connectivity index (χ1v) is 9.80.